The largest absolute Gasteiger partial charge is 0.317 e. The molecule has 2 saturated heterocycles. The SMILES string of the molecule is Clc1ccccc1C1(N2CCCC2)CCNCC1. The number of likely N-dealkylation sites (tertiary alicyclic amines) is 1. The van der Waals surface area contributed by atoms with Crippen molar-refractivity contribution in [2.75, 3.05) is 26.2 Å². The molecule has 2 heterocycles. The second kappa shape index (κ2) is 5.20. The van der Waals surface area contributed by atoms with E-state index in [2.05, 4.69) is 22.3 Å². The molecule has 0 aromatic heterocycles. The molecule has 2 nitrogen and oxygen atoms in total. The van der Waals surface area contributed by atoms with Gasteiger partial charge in [-0.25, -0.2) is 0 Å². The maximum absolute atomic E-state index is 6.48. The van der Waals surface area contributed by atoms with E-state index in [-0.39, 0.29) is 5.54 Å². The van der Waals surface area contributed by atoms with Crippen molar-refractivity contribution in [1.82, 2.24) is 10.2 Å². The number of halogens is 1. The van der Waals surface area contributed by atoms with Crippen LogP contribution in [-0.4, -0.2) is 31.1 Å². The molecule has 3 rings (SSSR count). The van der Waals surface area contributed by atoms with Gasteiger partial charge < -0.3 is 5.32 Å². The second-order valence-corrected chi connectivity index (χ2v) is 5.86. The van der Waals surface area contributed by atoms with Gasteiger partial charge in [0.2, 0.25) is 0 Å². The van der Waals surface area contributed by atoms with Crippen molar-refractivity contribution in [3.63, 3.8) is 0 Å². The first-order chi connectivity index (χ1) is 8.83. The van der Waals surface area contributed by atoms with E-state index in [1.165, 1.54) is 44.3 Å². The molecule has 1 aromatic carbocycles. The fourth-order valence-electron chi connectivity index (χ4n) is 3.58. The van der Waals surface area contributed by atoms with Gasteiger partial charge in [0.05, 0.1) is 0 Å². The normalized spacial score (nSPS) is 24.3. The van der Waals surface area contributed by atoms with E-state index in [1.54, 1.807) is 0 Å². The minimum absolute atomic E-state index is 0.181. The number of hydrogen-bond donors (Lipinski definition) is 1. The van der Waals surface area contributed by atoms with Gasteiger partial charge in [-0.15, -0.1) is 0 Å². The van der Waals surface area contributed by atoms with Crippen LogP contribution in [0.25, 0.3) is 0 Å². The zero-order valence-electron chi connectivity index (χ0n) is 10.8. The van der Waals surface area contributed by atoms with E-state index in [0.29, 0.717) is 0 Å². The Morgan fingerprint density at radius 2 is 1.72 bits per heavy atom. The Morgan fingerprint density at radius 3 is 2.39 bits per heavy atom. The number of benzene rings is 1. The van der Waals surface area contributed by atoms with Crippen molar-refractivity contribution >= 4 is 11.6 Å². The van der Waals surface area contributed by atoms with Crippen molar-refractivity contribution in [1.29, 1.82) is 0 Å². The predicted molar refractivity (Wildman–Crippen MR) is 76.0 cm³/mol. The van der Waals surface area contributed by atoms with E-state index in [4.69, 9.17) is 11.6 Å². The summed E-state index contributed by atoms with van der Waals surface area (Å²) >= 11 is 6.48. The van der Waals surface area contributed by atoms with Crippen LogP contribution >= 0.6 is 11.6 Å². The third-order valence-electron chi connectivity index (χ3n) is 4.52. The molecule has 18 heavy (non-hydrogen) atoms. The highest BCUT2D eigenvalue weighted by atomic mass is 35.5. The minimum Gasteiger partial charge on any atom is -0.317 e. The second-order valence-electron chi connectivity index (χ2n) is 5.46. The molecule has 1 N–H and O–H groups in total. The summed E-state index contributed by atoms with van der Waals surface area (Å²) in [6.07, 6.45) is 5.02. The summed E-state index contributed by atoms with van der Waals surface area (Å²) in [6.45, 7) is 4.65. The Hall–Kier alpha value is -0.570. The molecule has 0 aliphatic carbocycles. The molecule has 0 unspecified atom stereocenters. The standard InChI is InChI=1S/C15H21ClN2/c16-14-6-2-1-5-13(14)15(7-9-17-10-8-15)18-11-3-4-12-18/h1-2,5-6,17H,3-4,7-12H2. The van der Waals surface area contributed by atoms with Gasteiger partial charge in [0.15, 0.2) is 0 Å². The van der Waals surface area contributed by atoms with E-state index < -0.39 is 0 Å². The lowest BCUT2D eigenvalue weighted by Gasteiger charge is -2.46. The van der Waals surface area contributed by atoms with E-state index in [9.17, 15) is 0 Å². The summed E-state index contributed by atoms with van der Waals surface area (Å²) in [4.78, 5) is 2.68. The van der Waals surface area contributed by atoms with Crippen molar-refractivity contribution in [3.8, 4) is 0 Å². The molecule has 0 radical (unpaired) electrons. The van der Waals surface area contributed by atoms with Gasteiger partial charge in [-0.05, 0) is 63.5 Å². The van der Waals surface area contributed by atoms with Gasteiger partial charge in [-0.2, -0.15) is 0 Å². The third kappa shape index (κ3) is 2.07. The topological polar surface area (TPSA) is 15.3 Å². The molecule has 3 heteroatoms. The first kappa shape index (κ1) is 12.5. The van der Waals surface area contributed by atoms with Gasteiger partial charge in [0.25, 0.3) is 0 Å². The highest BCUT2D eigenvalue weighted by Crippen LogP contribution is 2.42. The first-order valence-corrected chi connectivity index (χ1v) is 7.41. The van der Waals surface area contributed by atoms with Crippen LogP contribution < -0.4 is 5.32 Å². The average molecular weight is 265 g/mol. The van der Waals surface area contributed by atoms with Crippen molar-refractivity contribution < 1.29 is 0 Å². The van der Waals surface area contributed by atoms with Crippen LogP contribution in [0.5, 0.6) is 0 Å². The van der Waals surface area contributed by atoms with Crippen molar-refractivity contribution in [2.45, 2.75) is 31.2 Å². The summed E-state index contributed by atoms with van der Waals surface area (Å²) in [7, 11) is 0. The maximum atomic E-state index is 6.48. The minimum atomic E-state index is 0.181. The molecule has 0 saturated carbocycles. The summed E-state index contributed by atoms with van der Waals surface area (Å²) in [6, 6.07) is 8.42. The number of nitrogens with zero attached hydrogens (tertiary/aromatic N) is 1. The molecule has 2 aliphatic rings. The van der Waals surface area contributed by atoms with Gasteiger partial charge in [0, 0.05) is 10.6 Å². The Labute approximate surface area is 114 Å². The van der Waals surface area contributed by atoms with Gasteiger partial charge >= 0.3 is 0 Å². The van der Waals surface area contributed by atoms with E-state index >= 15 is 0 Å². The predicted octanol–water partition coefficient (Wildman–Crippen LogP) is 3.01. The summed E-state index contributed by atoms with van der Waals surface area (Å²) in [5.41, 5.74) is 1.52. The smallest absolute Gasteiger partial charge is 0.0499 e. The third-order valence-corrected chi connectivity index (χ3v) is 4.85. The fourth-order valence-corrected chi connectivity index (χ4v) is 3.89. The number of rotatable bonds is 2. The molecule has 0 spiro atoms. The Bertz CT molecular complexity index is 407. The lowest BCUT2D eigenvalue weighted by atomic mass is 9.80. The quantitative estimate of drug-likeness (QED) is 0.883. The molecule has 0 bridgehead atoms. The lowest BCUT2D eigenvalue weighted by Crippen LogP contribution is -2.51. The summed E-state index contributed by atoms with van der Waals surface area (Å²) < 4.78 is 0. The van der Waals surface area contributed by atoms with Gasteiger partial charge in [-0.1, -0.05) is 29.8 Å². The monoisotopic (exact) mass is 264 g/mol. The Morgan fingerprint density at radius 1 is 1.06 bits per heavy atom. The number of hydrogen-bond acceptors (Lipinski definition) is 2. The number of nitrogens with one attached hydrogen (secondary N) is 1. The molecule has 98 valence electrons. The fraction of sp³-hybridized carbons (Fsp3) is 0.600. The zero-order valence-corrected chi connectivity index (χ0v) is 11.5. The van der Waals surface area contributed by atoms with E-state index in [0.717, 1.165) is 18.1 Å². The zero-order chi connectivity index (χ0) is 12.4. The summed E-state index contributed by atoms with van der Waals surface area (Å²) in [5.74, 6) is 0. The molecular formula is C15H21ClN2. The van der Waals surface area contributed by atoms with Gasteiger partial charge in [0.1, 0.15) is 0 Å². The van der Waals surface area contributed by atoms with Crippen LogP contribution in [0.1, 0.15) is 31.2 Å². The van der Waals surface area contributed by atoms with Crippen LogP contribution in [-0.2, 0) is 5.54 Å². The molecule has 2 fully saturated rings. The number of piperidine rings is 1. The van der Waals surface area contributed by atoms with Crippen molar-refractivity contribution in [2.24, 2.45) is 0 Å². The molecule has 0 amide bonds. The Kier molecular flexibility index (Phi) is 3.60. The summed E-state index contributed by atoms with van der Waals surface area (Å²) in [5, 5.41) is 4.42. The average Bonchev–Trinajstić information content (AvgIpc) is 2.94. The van der Waals surface area contributed by atoms with Crippen LogP contribution in [0.3, 0.4) is 0 Å². The van der Waals surface area contributed by atoms with Crippen LogP contribution in [0.4, 0.5) is 0 Å². The molecular weight excluding hydrogens is 244 g/mol. The van der Waals surface area contributed by atoms with Crippen LogP contribution in [0.2, 0.25) is 5.02 Å². The first-order valence-electron chi connectivity index (χ1n) is 7.04. The highest BCUT2D eigenvalue weighted by molar-refractivity contribution is 6.31. The Balaban J connectivity index is 2.01. The van der Waals surface area contributed by atoms with Crippen LogP contribution in [0.15, 0.2) is 24.3 Å². The van der Waals surface area contributed by atoms with Gasteiger partial charge in [-0.3, -0.25) is 4.90 Å². The molecule has 2 aliphatic heterocycles. The molecule has 0 atom stereocenters. The maximum Gasteiger partial charge on any atom is 0.0499 e. The van der Waals surface area contributed by atoms with E-state index in [1.807, 2.05) is 12.1 Å². The lowest BCUT2D eigenvalue weighted by molar-refractivity contribution is 0.0778. The van der Waals surface area contributed by atoms with Crippen molar-refractivity contribution in [3.05, 3.63) is 34.9 Å². The van der Waals surface area contributed by atoms with Crippen LogP contribution in [0, 0.1) is 0 Å². The molecule has 1 aromatic rings. The highest BCUT2D eigenvalue weighted by Gasteiger charge is 2.41.